The number of carbonyl (C=O) groups is 2. The standard InChI is InChI=1S/C17H21N3O3/c1-5-17(3,4)16(23)19-12-7-6-8-13(9-12)20-11(2)14(10-18-20)15(21)22/h6-10H,5H2,1-4H3,(H,19,23)(H,21,22). The summed E-state index contributed by atoms with van der Waals surface area (Å²) in [6.07, 6.45) is 2.06. The first-order valence-corrected chi connectivity index (χ1v) is 7.46. The van der Waals surface area contributed by atoms with E-state index in [1.165, 1.54) is 6.20 Å². The molecule has 122 valence electrons. The summed E-state index contributed by atoms with van der Waals surface area (Å²) in [5.41, 5.74) is 1.60. The second-order valence-corrected chi connectivity index (χ2v) is 6.10. The molecule has 6 nitrogen and oxygen atoms in total. The van der Waals surface area contributed by atoms with Gasteiger partial charge in [0.05, 0.1) is 17.6 Å². The summed E-state index contributed by atoms with van der Waals surface area (Å²) >= 11 is 0. The van der Waals surface area contributed by atoms with Crippen LogP contribution in [0.1, 0.15) is 43.2 Å². The lowest BCUT2D eigenvalue weighted by atomic mass is 9.89. The van der Waals surface area contributed by atoms with E-state index < -0.39 is 11.4 Å². The number of nitrogens with one attached hydrogen (secondary N) is 1. The fourth-order valence-electron chi connectivity index (χ4n) is 2.06. The molecule has 1 amide bonds. The Balaban J connectivity index is 2.31. The molecule has 0 aliphatic rings. The summed E-state index contributed by atoms with van der Waals surface area (Å²) in [6, 6.07) is 7.18. The van der Waals surface area contributed by atoms with E-state index >= 15 is 0 Å². The molecule has 6 heteroatoms. The maximum Gasteiger partial charge on any atom is 0.339 e. The quantitative estimate of drug-likeness (QED) is 0.887. The number of carboxylic acid groups (broad SMARTS) is 1. The summed E-state index contributed by atoms with van der Waals surface area (Å²) in [5.74, 6) is -1.07. The van der Waals surface area contributed by atoms with Crippen molar-refractivity contribution in [2.45, 2.75) is 34.1 Å². The van der Waals surface area contributed by atoms with Gasteiger partial charge in [-0.1, -0.05) is 26.8 Å². The summed E-state index contributed by atoms with van der Waals surface area (Å²) in [5, 5.41) is 16.1. The lowest BCUT2D eigenvalue weighted by Gasteiger charge is -2.21. The lowest BCUT2D eigenvalue weighted by molar-refractivity contribution is -0.124. The molecule has 0 saturated carbocycles. The van der Waals surface area contributed by atoms with Gasteiger partial charge in [-0.15, -0.1) is 0 Å². The number of hydrogen-bond donors (Lipinski definition) is 2. The van der Waals surface area contributed by atoms with Gasteiger partial charge in [0, 0.05) is 11.1 Å². The van der Waals surface area contributed by atoms with Crippen molar-refractivity contribution in [1.82, 2.24) is 9.78 Å². The van der Waals surface area contributed by atoms with E-state index in [1.54, 1.807) is 29.8 Å². The van der Waals surface area contributed by atoms with Crippen LogP contribution in [0.2, 0.25) is 0 Å². The number of rotatable bonds is 5. The van der Waals surface area contributed by atoms with Crippen molar-refractivity contribution in [3.8, 4) is 5.69 Å². The van der Waals surface area contributed by atoms with Crippen LogP contribution in [-0.2, 0) is 4.79 Å². The molecule has 2 rings (SSSR count). The molecule has 0 unspecified atom stereocenters. The van der Waals surface area contributed by atoms with Crippen molar-refractivity contribution >= 4 is 17.6 Å². The van der Waals surface area contributed by atoms with Gasteiger partial charge in [0.15, 0.2) is 0 Å². The lowest BCUT2D eigenvalue weighted by Crippen LogP contribution is -2.30. The average Bonchev–Trinajstić information content (AvgIpc) is 2.89. The molecule has 1 aromatic heterocycles. The first-order valence-electron chi connectivity index (χ1n) is 7.46. The number of anilines is 1. The monoisotopic (exact) mass is 315 g/mol. The maximum atomic E-state index is 12.3. The molecule has 0 atom stereocenters. The van der Waals surface area contributed by atoms with Crippen molar-refractivity contribution in [3.63, 3.8) is 0 Å². The van der Waals surface area contributed by atoms with Gasteiger partial charge in [0.2, 0.25) is 5.91 Å². The van der Waals surface area contributed by atoms with Gasteiger partial charge in [-0.05, 0) is 31.5 Å². The molecule has 2 aromatic rings. The molecule has 0 bridgehead atoms. The maximum absolute atomic E-state index is 12.3. The Morgan fingerprint density at radius 2 is 2.04 bits per heavy atom. The topological polar surface area (TPSA) is 84.2 Å². The van der Waals surface area contributed by atoms with Gasteiger partial charge >= 0.3 is 5.97 Å². The Bertz CT molecular complexity index is 747. The highest BCUT2D eigenvalue weighted by atomic mass is 16.4. The Hall–Kier alpha value is -2.63. The van der Waals surface area contributed by atoms with E-state index in [-0.39, 0.29) is 11.5 Å². The van der Waals surface area contributed by atoms with E-state index in [4.69, 9.17) is 5.11 Å². The molecule has 0 fully saturated rings. The van der Waals surface area contributed by atoms with Gasteiger partial charge in [-0.25, -0.2) is 9.48 Å². The van der Waals surface area contributed by atoms with Gasteiger partial charge in [0.25, 0.3) is 0 Å². The van der Waals surface area contributed by atoms with Crippen molar-refractivity contribution in [3.05, 3.63) is 41.7 Å². The fourth-order valence-corrected chi connectivity index (χ4v) is 2.06. The van der Waals surface area contributed by atoms with Crippen molar-refractivity contribution in [2.75, 3.05) is 5.32 Å². The fraction of sp³-hybridized carbons (Fsp3) is 0.353. The number of aromatic carboxylic acids is 1. The second kappa shape index (κ2) is 6.24. The highest BCUT2D eigenvalue weighted by Crippen LogP contribution is 2.23. The summed E-state index contributed by atoms with van der Waals surface area (Å²) in [6.45, 7) is 7.45. The van der Waals surface area contributed by atoms with Crippen LogP contribution in [0.15, 0.2) is 30.5 Å². The molecule has 23 heavy (non-hydrogen) atoms. The summed E-state index contributed by atoms with van der Waals surface area (Å²) in [4.78, 5) is 23.4. The predicted octanol–water partition coefficient (Wildman–Crippen LogP) is 3.25. The Morgan fingerprint density at radius 1 is 1.35 bits per heavy atom. The SMILES string of the molecule is CCC(C)(C)C(=O)Nc1cccc(-n2ncc(C(=O)O)c2C)c1. The number of amides is 1. The summed E-state index contributed by atoms with van der Waals surface area (Å²) < 4.78 is 1.55. The number of hydrogen-bond acceptors (Lipinski definition) is 3. The molecule has 0 saturated heterocycles. The molecular formula is C17H21N3O3. The van der Waals surface area contributed by atoms with Crippen LogP contribution in [0.5, 0.6) is 0 Å². The van der Waals surface area contributed by atoms with E-state index in [1.807, 2.05) is 26.8 Å². The zero-order chi connectivity index (χ0) is 17.2. The molecular weight excluding hydrogens is 294 g/mol. The molecule has 0 radical (unpaired) electrons. The van der Waals surface area contributed by atoms with Crippen LogP contribution < -0.4 is 5.32 Å². The van der Waals surface area contributed by atoms with Crippen LogP contribution in [0.25, 0.3) is 5.69 Å². The molecule has 0 spiro atoms. The molecule has 2 N–H and O–H groups in total. The van der Waals surface area contributed by atoms with Crippen LogP contribution in [0.3, 0.4) is 0 Å². The number of benzene rings is 1. The van der Waals surface area contributed by atoms with E-state index in [2.05, 4.69) is 10.4 Å². The minimum Gasteiger partial charge on any atom is -0.478 e. The molecule has 0 aliphatic carbocycles. The van der Waals surface area contributed by atoms with Crippen LogP contribution >= 0.6 is 0 Å². The van der Waals surface area contributed by atoms with Crippen molar-refractivity contribution in [1.29, 1.82) is 0 Å². The number of nitrogens with zero attached hydrogens (tertiary/aromatic N) is 2. The molecule has 0 aliphatic heterocycles. The minimum atomic E-state index is -1.01. The Morgan fingerprint density at radius 3 is 2.61 bits per heavy atom. The largest absolute Gasteiger partial charge is 0.478 e. The predicted molar refractivity (Wildman–Crippen MR) is 88.0 cm³/mol. The molecule has 1 aromatic carbocycles. The summed E-state index contributed by atoms with van der Waals surface area (Å²) in [7, 11) is 0. The smallest absolute Gasteiger partial charge is 0.339 e. The van der Waals surface area contributed by atoms with Crippen LogP contribution in [-0.4, -0.2) is 26.8 Å². The first-order chi connectivity index (χ1) is 10.8. The van der Waals surface area contributed by atoms with Gasteiger partial charge in [-0.2, -0.15) is 5.10 Å². The van der Waals surface area contributed by atoms with Gasteiger partial charge in [-0.3, -0.25) is 4.79 Å². The zero-order valence-electron chi connectivity index (χ0n) is 13.8. The third-order valence-corrected chi connectivity index (χ3v) is 4.09. The normalized spacial score (nSPS) is 11.3. The average molecular weight is 315 g/mol. The van der Waals surface area contributed by atoms with Gasteiger partial charge in [0.1, 0.15) is 5.56 Å². The first kappa shape index (κ1) is 16.7. The number of carbonyl (C=O) groups excluding carboxylic acids is 1. The van der Waals surface area contributed by atoms with E-state index in [9.17, 15) is 9.59 Å². The van der Waals surface area contributed by atoms with Gasteiger partial charge < -0.3 is 10.4 Å². The number of aromatic nitrogens is 2. The Kier molecular flexibility index (Phi) is 4.54. The number of carboxylic acids is 1. The highest BCUT2D eigenvalue weighted by molar-refractivity contribution is 5.95. The van der Waals surface area contributed by atoms with Crippen LogP contribution in [0.4, 0.5) is 5.69 Å². The van der Waals surface area contributed by atoms with E-state index in [0.29, 0.717) is 17.1 Å². The van der Waals surface area contributed by atoms with E-state index in [0.717, 1.165) is 6.42 Å². The van der Waals surface area contributed by atoms with Crippen molar-refractivity contribution in [2.24, 2.45) is 5.41 Å². The molecule has 1 heterocycles. The minimum absolute atomic E-state index is 0.0550. The zero-order valence-corrected chi connectivity index (χ0v) is 13.8. The van der Waals surface area contributed by atoms with Crippen LogP contribution in [0, 0.1) is 12.3 Å². The third kappa shape index (κ3) is 3.41. The Labute approximate surface area is 135 Å². The highest BCUT2D eigenvalue weighted by Gasteiger charge is 2.25. The third-order valence-electron chi connectivity index (χ3n) is 4.09. The van der Waals surface area contributed by atoms with Crippen molar-refractivity contribution < 1.29 is 14.7 Å². The second-order valence-electron chi connectivity index (χ2n) is 6.10.